The molecule has 1 atom stereocenters. The molecule has 2 rings (SSSR count). The molecule has 0 bridgehead atoms. The molecule has 0 aromatic heterocycles. The molecule has 0 saturated carbocycles. The Balaban J connectivity index is 2.17. The van der Waals surface area contributed by atoms with Crippen molar-refractivity contribution in [3.05, 3.63) is 57.4 Å². The summed E-state index contributed by atoms with van der Waals surface area (Å²) < 4.78 is 15.0. The Labute approximate surface area is 137 Å². The van der Waals surface area contributed by atoms with E-state index in [1.165, 1.54) is 19.1 Å². The van der Waals surface area contributed by atoms with Gasteiger partial charge in [0.1, 0.15) is 5.82 Å². The van der Waals surface area contributed by atoms with Crippen LogP contribution < -0.4 is 10.6 Å². The number of amides is 1. The second kappa shape index (κ2) is 6.89. The molecule has 1 amide bonds. The van der Waals surface area contributed by atoms with Crippen LogP contribution in [-0.4, -0.2) is 5.91 Å². The van der Waals surface area contributed by atoms with Crippen molar-refractivity contribution >= 4 is 39.9 Å². The molecule has 5 heteroatoms. The predicted octanol–water partition coefficient (Wildman–Crippen LogP) is 4.56. The van der Waals surface area contributed by atoms with E-state index in [0.717, 1.165) is 9.13 Å². The van der Waals surface area contributed by atoms with E-state index in [-0.39, 0.29) is 17.8 Å². The van der Waals surface area contributed by atoms with Crippen molar-refractivity contribution in [1.29, 1.82) is 0 Å². The smallest absolute Gasteiger partial charge is 0.221 e. The number of hydrogen-bond acceptors (Lipinski definition) is 2. The van der Waals surface area contributed by atoms with Gasteiger partial charge in [-0.3, -0.25) is 4.79 Å². The number of anilines is 2. The maximum atomic E-state index is 13.9. The van der Waals surface area contributed by atoms with E-state index in [0.29, 0.717) is 11.4 Å². The zero-order valence-corrected chi connectivity index (χ0v) is 13.9. The molecule has 0 spiro atoms. The van der Waals surface area contributed by atoms with E-state index in [2.05, 4.69) is 33.2 Å². The largest absolute Gasteiger partial charge is 0.376 e. The monoisotopic (exact) mass is 398 g/mol. The molecule has 2 aromatic carbocycles. The Morgan fingerprint density at radius 1 is 1.19 bits per heavy atom. The summed E-state index contributed by atoms with van der Waals surface area (Å²) >= 11 is 2.24. The highest BCUT2D eigenvalue weighted by Gasteiger charge is 2.10. The van der Waals surface area contributed by atoms with E-state index in [4.69, 9.17) is 0 Å². The van der Waals surface area contributed by atoms with Gasteiger partial charge in [-0.15, -0.1) is 0 Å². The van der Waals surface area contributed by atoms with Crippen molar-refractivity contribution in [1.82, 2.24) is 0 Å². The van der Waals surface area contributed by atoms with Gasteiger partial charge in [-0.1, -0.05) is 12.1 Å². The van der Waals surface area contributed by atoms with Gasteiger partial charge < -0.3 is 10.6 Å². The molecule has 0 fully saturated rings. The number of carbonyl (C=O) groups excluding carboxylic acids is 1. The second-order valence-electron chi connectivity index (χ2n) is 4.79. The van der Waals surface area contributed by atoms with E-state index in [1.807, 2.05) is 31.2 Å². The van der Waals surface area contributed by atoms with Crippen LogP contribution in [0.3, 0.4) is 0 Å². The zero-order valence-electron chi connectivity index (χ0n) is 11.8. The highest BCUT2D eigenvalue weighted by Crippen LogP contribution is 2.25. The summed E-state index contributed by atoms with van der Waals surface area (Å²) in [6, 6.07) is 12.5. The van der Waals surface area contributed by atoms with Crippen LogP contribution in [-0.2, 0) is 4.79 Å². The normalized spacial score (nSPS) is 11.8. The molecular weight excluding hydrogens is 382 g/mol. The average molecular weight is 398 g/mol. The molecule has 0 aliphatic heterocycles. The van der Waals surface area contributed by atoms with Crippen LogP contribution in [0.1, 0.15) is 25.5 Å². The molecule has 2 aromatic rings. The minimum atomic E-state index is -0.346. The number of hydrogen-bond donors (Lipinski definition) is 2. The zero-order chi connectivity index (χ0) is 15.4. The van der Waals surface area contributed by atoms with Gasteiger partial charge in [0.25, 0.3) is 0 Å². The molecule has 0 aliphatic carbocycles. The fourth-order valence-electron chi connectivity index (χ4n) is 1.98. The third-order valence-corrected chi connectivity index (χ3v) is 3.75. The first-order chi connectivity index (χ1) is 9.95. The fourth-order valence-corrected chi connectivity index (χ4v) is 2.34. The Kier molecular flexibility index (Phi) is 5.17. The lowest BCUT2D eigenvalue weighted by atomic mass is 10.1. The van der Waals surface area contributed by atoms with E-state index in [9.17, 15) is 9.18 Å². The summed E-state index contributed by atoms with van der Waals surface area (Å²) in [4.78, 5) is 11.1. The molecule has 1 unspecified atom stereocenters. The maximum absolute atomic E-state index is 13.9. The first-order valence-electron chi connectivity index (χ1n) is 6.55. The van der Waals surface area contributed by atoms with Gasteiger partial charge in [0.15, 0.2) is 0 Å². The molecular formula is C16H16FIN2O. The second-order valence-corrected chi connectivity index (χ2v) is 6.04. The van der Waals surface area contributed by atoms with Crippen molar-refractivity contribution in [3.63, 3.8) is 0 Å². The molecule has 21 heavy (non-hydrogen) atoms. The number of nitrogens with one attached hydrogen (secondary N) is 2. The minimum Gasteiger partial charge on any atom is -0.376 e. The summed E-state index contributed by atoms with van der Waals surface area (Å²) in [5.74, 6) is -0.528. The van der Waals surface area contributed by atoms with Crippen LogP contribution >= 0.6 is 22.6 Å². The molecule has 0 saturated heterocycles. The molecule has 3 nitrogen and oxygen atoms in total. The lowest BCUT2D eigenvalue weighted by molar-refractivity contribution is -0.114. The maximum Gasteiger partial charge on any atom is 0.221 e. The summed E-state index contributed by atoms with van der Waals surface area (Å²) in [6.45, 7) is 3.39. The van der Waals surface area contributed by atoms with Gasteiger partial charge in [-0.25, -0.2) is 4.39 Å². The van der Waals surface area contributed by atoms with Gasteiger partial charge >= 0.3 is 0 Å². The highest BCUT2D eigenvalue weighted by molar-refractivity contribution is 14.1. The number of halogens is 2. The van der Waals surface area contributed by atoms with E-state index < -0.39 is 0 Å². The summed E-state index contributed by atoms with van der Waals surface area (Å²) in [5, 5.41) is 5.78. The molecule has 0 aliphatic rings. The third kappa shape index (κ3) is 4.42. The third-order valence-electron chi connectivity index (χ3n) is 3.03. The SMILES string of the molecule is CC(=O)Nc1ccc(F)c(NC(C)c2ccc(I)cc2)c1. The van der Waals surface area contributed by atoms with Crippen molar-refractivity contribution in [2.24, 2.45) is 0 Å². The topological polar surface area (TPSA) is 41.1 Å². The standard InChI is InChI=1S/C16H16FIN2O/c1-10(12-3-5-13(18)6-4-12)19-16-9-14(20-11(2)21)7-8-15(16)17/h3-10,19H,1-2H3,(H,20,21). The quantitative estimate of drug-likeness (QED) is 0.742. The highest BCUT2D eigenvalue weighted by atomic mass is 127. The first kappa shape index (κ1) is 15.8. The van der Waals surface area contributed by atoms with Crippen LogP contribution in [0.25, 0.3) is 0 Å². The Morgan fingerprint density at radius 2 is 1.86 bits per heavy atom. The minimum absolute atomic E-state index is 0.0379. The van der Waals surface area contributed by atoms with E-state index in [1.54, 1.807) is 6.07 Å². The lowest BCUT2D eigenvalue weighted by Crippen LogP contribution is -2.10. The Bertz CT molecular complexity index is 643. The number of rotatable bonds is 4. The van der Waals surface area contributed by atoms with Crippen molar-refractivity contribution in [3.8, 4) is 0 Å². The Morgan fingerprint density at radius 3 is 2.48 bits per heavy atom. The van der Waals surface area contributed by atoms with Crippen molar-refractivity contribution in [2.75, 3.05) is 10.6 Å². The number of benzene rings is 2. The van der Waals surface area contributed by atoms with Gasteiger partial charge in [-0.2, -0.15) is 0 Å². The average Bonchev–Trinajstić information content (AvgIpc) is 2.42. The number of carbonyl (C=O) groups is 1. The molecule has 0 radical (unpaired) electrons. The Hall–Kier alpha value is -1.63. The van der Waals surface area contributed by atoms with Gasteiger partial charge in [-0.05, 0) is 65.4 Å². The summed E-state index contributed by atoms with van der Waals surface area (Å²) in [7, 11) is 0. The van der Waals surface area contributed by atoms with Crippen LogP contribution in [0.2, 0.25) is 0 Å². The van der Waals surface area contributed by atoms with Gasteiger partial charge in [0, 0.05) is 22.2 Å². The van der Waals surface area contributed by atoms with Crippen LogP contribution in [0, 0.1) is 9.39 Å². The van der Waals surface area contributed by atoms with Crippen molar-refractivity contribution < 1.29 is 9.18 Å². The summed E-state index contributed by atoms with van der Waals surface area (Å²) in [5.41, 5.74) is 2.01. The van der Waals surface area contributed by atoms with Crippen LogP contribution in [0.5, 0.6) is 0 Å². The molecule has 0 heterocycles. The van der Waals surface area contributed by atoms with Crippen LogP contribution in [0.4, 0.5) is 15.8 Å². The van der Waals surface area contributed by atoms with Gasteiger partial charge in [0.05, 0.1) is 5.69 Å². The fraction of sp³-hybridized carbons (Fsp3) is 0.188. The first-order valence-corrected chi connectivity index (χ1v) is 7.62. The van der Waals surface area contributed by atoms with E-state index >= 15 is 0 Å². The summed E-state index contributed by atoms with van der Waals surface area (Å²) in [6.07, 6.45) is 0. The van der Waals surface area contributed by atoms with Crippen LogP contribution in [0.15, 0.2) is 42.5 Å². The predicted molar refractivity (Wildman–Crippen MR) is 91.9 cm³/mol. The molecule has 110 valence electrons. The van der Waals surface area contributed by atoms with Gasteiger partial charge in [0.2, 0.25) is 5.91 Å². The van der Waals surface area contributed by atoms with Crippen molar-refractivity contribution in [2.45, 2.75) is 19.9 Å². The lowest BCUT2D eigenvalue weighted by Gasteiger charge is -2.17. The molecule has 2 N–H and O–H groups in total.